The molecule has 0 saturated heterocycles. The lowest BCUT2D eigenvalue weighted by molar-refractivity contribution is 0.0948. The molecule has 0 aromatic carbocycles. The Bertz CT molecular complexity index is 524. The lowest BCUT2D eigenvalue weighted by Gasteiger charge is -2.13. The average molecular weight is 317 g/mol. The first-order valence-electron chi connectivity index (χ1n) is 8.33. The summed E-state index contributed by atoms with van der Waals surface area (Å²) in [5, 5.41) is 14.1. The zero-order valence-corrected chi connectivity index (χ0v) is 14.1. The Kier molecular flexibility index (Phi) is 7.00. The Morgan fingerprint density at radius 2 is 2.09 bits per heavy atom. The van der Waals surface area contributed by atoms with Crippen LogP contribution in [0.3, 0.4) is 0 Å². The van der Waals surface area contributed by atoms with Crippen LogP contribution < -0.4 is 10.6 Å². The van der Waals surface area contributed by atoms with Crippen molar-refractivity contribution in [1.29, 1.82) is 0 Å². The van der Waals surface area contributed by atoms with E-state index in [9.17, 15) is 4.79 Å². The second-order valence-electron chi connectivity index (χ2n) is 6.15. The molecule has 0 spiro atoms. The lowest BCUT2D eigenvalue weighted by atomic mass is 9.97. The molecule has 0 aliphatic heterocycles. The maximum absolute atomic E-state index is 12.0. The molecule has 1 aliphatic rings. The van der Waals surface area contributed by atoms with Crippen LogP contribution in [0.15, 0.2) is 23.8 Å². The number of carbonyl (C=O) groups is 1. The Hall–Kier alpha value is -1.95. The van der Waals surface area contributed by atoms with E-state index in [-0.39, 0.29) is 5.91 Å². The van der Waals surface area contributed by atoms with Gasteiger partial charge in [-0.25, -0.2) is 0 Å². The molecule has 0 bridgehead atoms. The van der Waals surface area contributed by atoms with E-state index in [1.165, 1.54) is 31.3 Å². The summed E-state index contributed by atoms with van der Waals surface area (Å²) < 4.78 is 0. The first-order chi connectivity index (χ1) is 11.1. The van der Waals surface area contributed by atoms with Gasteiger partial charge in [0.15, 0.2) is 5.69 Å². The van der Waals surface area contributed by atoms with Crippen LogP contribution in [0.4, 0.5) is 5.82 Å². The fourth-order valence-corrected chi connectivity index (χ4v) is 2.51. The van der Waals surface area contributed by atoms with Crippen LogP contribution in [0.2, 0.25) is 0 Å². The second-order valence-corrected chi connectivity index (χ2v) is 6.15. The number of hydrogen-bond donors (Lipinski definition) is 2. The molecule has 0 saturated carbocycles. The number of nitrogens with one attached hydrogen (secondary N) is 2. The zero-order chi connectivity index (χ0) is 16.5. The van der Waals surface area contributed by atoms with E-state index in [1.807, 2.05) is 14.1 Å². The number of nitrogens with zero attached hydrogens (tertiary/aromatic N) is 3. The number of aromatic nitrogens is 2. The van der Waals surface area contributed by atoms with Gasteiger partial charge in [-0.3, -0.25) is 4.79 Å². The highest BCUT2D eigenvalue weighted by Gasteiger charge is 2.09. The maximum Gasteiger partial charge on any atom is 0.271 e. The second kappa shape index (κ2) is 9.25. The standard InChI is InChI=1S/C17H27N5O/c1-22(2)13-12-18-16-9-8-15(20-21-16)17(23)19-11-10-14-6-4-3-5-7-14/h6,8-9H,3-5,7,10-13H2,1-2H3,(H,18,21)(H,19,23). The number of amides is 1. The smallest absolute Gasteiger partial charge is 0.271 e. The maximum atomic E-state index is 12.0. The molecule has 2 N–H and O–H groups in total. The summed E-state index contributed by atoms with van der Waals surface area (Å²) in [6, 6.07) is 3.50. The van der Waals surface area contributed by atoms with Gasteiger partial charge in [0.25, 0.3) is 5.91 Å². The first-order valence-corrected chi connectivity index (χ1v) is 8.33. The first kappa shape index (κ1) is 17.4. The topological polar surface area (TPSA) is 70.2 Å². The monoisotopic (exact) mass is 317 g/mol. The van der Waals surface area contributed by atoms with Crippen molar-refractivity contribution in [3.8, 4) is 0 Å². The summed E-state index contributed by atoms with van der Waals surface area (Å²) in [6.07, 6.45) is 8.15. The van der Waals surface area contributed by atoms with Crippen molar-refractivity contribution in [3.63, 3.8) is 0 Å². The van der Waals surface area contributed by atoms with E-state index in [4.69, 9.17) is 0 Å². The van der Waals surface area contributed by atoms with E-state index in [2.05, 4.69) is 31.8 Å². The molecular formula is C17H27N5O. The van der Waals surface area contributed by atoms with Crippen LogP contribution in [-0.4, -0.2) is 54.7 Å². The fourth-order valence-electron chi connectivity index (χ4n) is 2.51. The zero-order valence-electron chi connectivity index (χ0n) is 14.1. The number of rotatable bonds is 8. The summed E-state index contributed by atoms with van der Waals surface area (Å²) in [5.74, 6) is 0.532. The third-order valence-electron chi connectivity index (χ3n) is 3.88. The van der Waals surface area contributed by atoms with E-state index in [1.54, 1.807) is 12.1 Å². The summed E-state index contributed by atoms with van der Waals surface area (Å²) in [4.78, 5) is 14.1. The molecule has 0 atom stereocenters. The van der Waals surface area contributed by atoms with Crippen LogP contribution in [0.25, 0.3) is 0 Å². The summed E-state index contributed by atoms with van der Waals surface area (Å²) >= 11 is 0. The normalized spacial score (nSPS) is 14.5. The van der Waals surface area contributed by atoms with Crippen LogP contribution in [0.5, 0.6) is 0 Å². The number of allylic oxidation sites excluding steroid dienone is 1. The van der Waals surface area contributed by atoms with Crippen molar-refractivity contribution in [3.05, 3.63) is 29.5 Å². The molecule has 0 radical (unpaired) electrons. The summed E-state index contributed by atoms with van der Waals surface area (Å²) in [5.41, 5.74) is 1.82. The van der Waals surface area contributed by atoms with Gasteiger partial charge in [-0.05, 0) is 58.3 Å². The third kappa shape index (κ3) is 6.36. The largest absolute Gasteiger partial charge is 0.367 e. The van der Waals surface area contributed by atoms with E-state index in [0.717, 1.165) is 19.5 Å². The molecule has 126 valence electrons. The minimum atomic E-state index is -0.159. The molecule has 6 heteroatoms. The van der Waals surface area contributed by atoms with Gasteiger partial charge in [-0.15, -0.1) is 10.2 Å². The highest BCUT2D eigenvalue weighted by molar-refractivity contribution is 5.92. The third-order valence-corrected chi connectivity index (χ3v) is 3.88. The van der Waals surface area contributed by atoms with Crippen molar-refractivity contribution in [1.82, 2.24) is 20.4 Å². The summed E-state index contributed by atoms with van der Waals surface area (Å²) in [7, 11) is 4.04. The van der Waals surface area contributed by atoms with E-state index >= 15 is 0 Å². The quantitative estimate of drug-likeness (QED) is 0.718. The number of likely N-dealkylation sites (N-methyl/N-ethyl adjacent to an activating group) is 1. The van der Waals surface area contributed by atoms with Gasteiger partial charge < -0.3 is 15.5 Å². The SMILES string of the molecule is CN(C)CCNc1ccc(C(=O)NCCC2=CCCCC2)nn1. The van der Waals surface area contributed by atoms with Gasteiger partial charge in [-0.1, -0.05) is 11.6 Å². The molecule has 1 aliphatic carbocycles. The molecule has 1 aromatic rings. The van der Waals surface area contributed by atoms with Crippen LogP contribution >= 0.6 is 0 Å². The highest BCUT2D eigenvalue weighted by Crippen LogP contribution is 2.19. The summed E-state index contributed by atoms with van der Waals surface area (Å²) in [6.45, 7) is 2.37. The number of anilines is 1. The van der Waals surface area contributed by atoms with Crippen LogP contribution in [0.1, 0.15) is 42.6 Å². The van der Waals surface area contributed by atoms with E-state index < -0.39 is 0 Å². The predicted molar refractivity (Wildman–Crippen MR) is 92.6 cm³/mol. The highest BCUT2D eigenvalue weighted by atomic mass is 16.1. The molecule has 23 heavy (non-hydrogen) atoms. The Labute approximate surface area is 138 Å². The average Bonchev–Trinajstić information content (AvgIpc) is 2.56. The molecule has 0 fully saturated rings. The van der Waals surface area contributed by atoms with Crippen LogP contribution in [-0.2, 0) is 0 Å². The Balaban J connectivity index is 1.72. The Morgan fingerprint density at radius 3 is 2.74 bits per heavy atom. The molecule has 1 aromatic heterocycles. The Morgan fingerprint density at radius 1 is 1.22 bits per heavy atom. The van der Waals surface area contributed by atoms with Crippen molar-refractivity contribution < 1.29 is 4.79 Å². The number of carbonyl (C=O) groups excluding carboxylic acids is 1. The minimum Gasteiger partial charge on any atom is -0.367 e. The van der Waals surface area contributed by atoms with Crippen molar-refractivity contribution in [2.24, 2.45) is 0 Å². The van der Waals surface area contributed by atoms with Gasteiger partial charge in [0.2, 0.25) is 0 Å². The molecule has 1 amide bonds. The minimum absolute atomic E-state index is 0.159. The fraction of sp³-hybridized carbons (Fsp3) is 0.588. The lowest BCUT2D eigenvalue weighted by Crippen LogP contribution is -2.26. The molecule has 6 nitrogen and oxygen atoms in total. The molecule has 0 unspecified atom stereocenters. The molecule has 2 rings (SSSR count). The van der Waals surface area contributed by atoms with Gasteiger partial charge in [-0.2, -0.15) is 0 Å². The van der Waals surface area contributed by atoms with E-state index in [0.29, 0.717) is 18.1 Å². The van der Waals surface area contributed by atoms with Gasteiger partial charge in [0, 0.05) is 19.6 Å². The van der Waals surface area contributed by atoms with Gasteiger partial charge in [0.05, 0.1) is 0 Å². The van der Waals surface area contributed by atoms with Gasteiger partial charge in [0.1, 0.15) is 5.82 Å². The predicted octanol–water partition coefficient (Wildman–Crippen LogP) is 2.07. The molecule has 1 heterocycles. The van der Waals surface area contributed by atoms with Gasteiger partial charge >= 0.3 is 0 Å². The number of hydrogen-bond acceptors (Lipinski definition) is 5. The van der Waals surface area contributed by atoms with Crippen molar-refractivity contribution in [2.45, 2.75) is 32.1 Å². The molecular weight excluding hydrogens is 290 g/mol. The van der Waals surface area contributed by atoms with Crippen molar-refractivity contribution in [2.75, 3.05) is 39.0 Å². The van der Waals surface area contributed by atoms with Crippen LogP contribution in [0, 0.1) is 0 Å². The van der Waals surface area contributed by atoms with Crippen molar-refractivity contribution >= 4 is 11.7 Å².